The molecule has 46 heavy (non-hydrogen) atoms. The molecule has 0 amide bonds. The molecule has 2 atom stereocenters. The van der Waals surface area contributed by atoms with Gasteiger partial charge in [0.05, 0.1) is 17.5 Å². The average Bonchev–Trinajstić information content (AvgIpc) is 3.74. The summed E-state index contributed by atoms with van der Waals surface area (Å²) in [5.74, 6) is 1.54. The molecule has 1 aromatic carbocycles. The molecule has 0 aliphatic carbocycles. The number of aryl methyl sites for hydroxylation is 4. The van der Waals surface area contributed by atoms with Crippen molar-refractivity contribution in [3.8, 4) is 23.3 Å². The van der Waals surface area contributed by atoms with Crippen LogP contribution in [0.25, 0.3) is 23.3 Å². The minimum atomic E-state index is -4.67. The molecule has 2 N–H and O–H groups in total. The molecule has 15 heteroatoms. The maximum Gasteiger partial charge on any atom is 3.00 e. The molecule has 2 unspecified atom stereocenters. The van der Waals surface area contributed by atoms with Gasteiger partial charge in [-0.25, -0.2) is 9.36 Å². The Bertz CT molecular complexity index is 1620. The molecule has 0 fully saturated rings. The standard InChI is InChI=1S/C23H28N8.C8H9F3O2S.Eu/c1-7-29(8-2)20-11-9-19(10-12-20)21-24-22(30-17(5)13-15(3)27-30)26-23(25-21)31-18(6)14-16(4)28-31;9-8(10,11)7(13)4-5(12)6-2-1-3-14-6;/h9-14H,7-8H2,1-6H3;1-3,5,7,12-13H,4H2;/q;;+3. The second kappa shape index (κ2) is 16.5. The van der Waals surface area contributed by atoms with E-state index in [0.717, 1.165) is 52.8 Å². The fraction of sp³-hybridized carbons (Fsp3) is 0.387. The molecule has 0 aliphatic heterocycles. The molecule has 0 aliphatic rings. The van der Waals surface area contributed by atoms with Crippen molar-refractivity contribution in [3.63, 3.8) is 0 Å². The van der Waals surface area contributed by atoms with Crippen LogP contribution in [-0.2, 0) is 0 Å². The molecule has 0 saturated heterocycles. The monoisotopic (exact) mass is 795 g/mol. The quantitative estimate of drug-likeness (QED) is 0.185. The van der Waals surface area contributed by atoms with Crippen molar-refractivity contribution < 1.29 is 72.8 Å². The number of aliphatic hydroxyl groups excluding tert-OH is 2. The van der Waals surface area contributed by atoms with Crippen molar-refractivity contribution in [2.75, 3.05) is 18.0 Å². The third kappa shape index (κ3) is 9.51. The first-order chi connectivity index (χ1) is 21.3. The molecule has 244 valence electrons. The maximum atomic E-state index is 11.9. The van der Waals surface area contributed by atoms with E-state index in [1.165, 1.54) is 11.8 Å². The van der Waals surface area contributed by atoms with Crippen LogP contribution in [0, 0.1) is 77.1 Å². The van der Waals surface area contributed by atoms with E-state index in [0.29, 0.717) is 22.6 Å². The summed E-state index contributed by atoms with van der Waals surface area (Å²) < 4.78 is 39.2. The van der Waals surface area contributed by atoms with Crippen LogP contribution in [0.1, 0.15) is 54.0 Å². The Morgan fingerprint density at radius 1 is 0.826 bits per heavy atom. The predicted molar refractivity (Wildman–Crippen MR) is 168 cm³/mol. The van der Waals surface area contributed by atoms with Gasteiger partial charge in [0.15, 0.2) is 11.9 Å². The zero-order valence-corrected chi connectivity index (χ0v) is 29.6. The molecule has 5 rings (SSSR count). The largest absolute Gasteiger partial charge is 3.00 e. The van der Waals surface area contributed by atoms with Gasteiger partial charge in [-0.05, 0) is 89.4 Å². The van der Waals surface area contributed by atoms with Gasteiger partial charge in [-0.2, -0.15) is 38.3 Å². The van der Waals surface area contributed by atoms with Crippen LogP contribution in [-0.4, -0.2) is 70.1 Å². The van der Waals surface area contributed by atoms with Crippen molar-refractivity contribution in [1.29, 1.82) is 0 Å². The number of nitrogens with zero attached hydrogens (tertiary/aromatic N) is 8. The van der Waals surface area contributed by atoms with E-state index in [1.54, 1.807) is 20.8 Å². The number of aliphatic hydroxyl groups is 2. The Balaban J connectivity index is 0.000000324. The molecule has 0 radical (unpaired) electrons. The minimum Gasteiger partial charge on any atom is -0.387 e. The first-order valence-electron chi connectivity index (χ1n) is 14.5. The zero-order valence-electron chi connectivity index (χ0n) is 26.4. The summed E-state index contributed by atoms with van der Waals surface area (Å²) in [5.41, 5.74) is 5.85. The first kappa shape index (κ1) is 37.9. The van der Waals surface area contributed by atoms with Gasteiger partial charge in [-0.15, -0.1) is 11.3 Å². The molecular formula is C31H37EuF3N8O2S+3. The summed E-state index contributed by atoms with van der Waals surface area (Å²) >= 11 is 1.16. The first-order valence-corrected chi connectivity index (χ1v) is 15.3. The third-order valence-corrected chi connectivity index (χ3v) is 7.93. The van der Waals surface area contributed by atoms with E-state index in [1.807, 2.05) is 39.8 Å². The van der Waals surface area contributed by atoms with E-state index in [4.69, 9.17) is 20.1 Å². The third-order valence-electron chi connectivity index (χ3n) is 6.96. The SMILES string of the molecule is CCN(CC)c1ccc(-c2nc(-n3nc(C)cc3C)nc(-n3nc(C)cc3C)n2)cc1.OC(CC(O)C(F)(F)F)c1cccs1.[Eu+3]. The molecule has 0 bridgehead atoms. The Labute approximate surface area is 310 Å². The summed E-state index contributed by atoms with van der Waals surface area (Å²) in [5, 5.41) is 28.7. The van der Waals surface area contributed by atoms with Crippen LogP contribution >= 0.6 is 11.3 Å². The van der Waals surface area contributed by atoms with Gasteiger partial charge in [0.1, 0.15) is 0 Å². The molecule has 10 nitrogen and oxygen atoms in total. The summed E-state index contributed by atoms with van der Waals surface area (Å²) in [6, 6.07) is 15.5. The number of aromatic nitrogens is 7. The molecule has 4 aromatic heterocycles. The number of rotatable bonds is 9. The molecular weight excluding hydrogens is 757 g/mol. The van der Waals surface area contributed by atoms with Crippen LogP contribution in [0.15, 0.2) is 53.9 Å². The summed E-state index contributed by atoms with van der Waals surface area (Å²) in [4.78, 5) is 16.9. The Kier molecular flexibility index (Phi) is 13.6. The van der Waals surface area contributed by atoms with Crippen LogP contribution in [0.2, 0.25) is 0 Å². The van der Waals surface area contributed by atoms with Gasteiger partial charge in [0, 0.05) is 47.0 Å². The number of halogens is 3. The Morgan fingerprint density at radius 2 is 1.35 bits per heavy atom. The van der Waals surface area contributed by atoms with Crippen molar-refractivity contribution in [3.05, 3.63) is 81.6 Å². The Morgan fingerprint density at radius 3 is 1.74 bits per heavy atom. The van der Waals surface area contributed by atoms with Crippen molar-refractivity contribution in [2.45, 2.75) is 66.3 Å². The number of hydrogen-bond acceptors (Lipinski definition) is 9. The van der Waals surface area contributed by atoms with Crippen LogP contribution in [0.4, 0.5) is 18.9 Å². The minimum absolute atomic E-state index is 0. The smallest absolute Gasteiger partial charge is 0.387 e. The second-order valence-corrected chi connectivity index (χ2v) is 11.5. The van der Waals surface area contributed by atoms with Gasteiger partial charge in [0.2, 0.25) is 0 Å². The van der Waals surface area contributed by atoms with Gasteiger partial charge in [-0.1, -0.05) is 6.07 Å². The number of thiophene rings is 1. The molecule has 0 saturated carbocycles. The number of hydrogen-bond donors (Lipinski definition) is 2. The van der Waals surface area contributed by atoms with E-state index >= 15 is 0 Å². The fourth-order valence-corrected chi connectivity index (χ4v) is 5.41. The summed E-state index contributed by atoms with van der Waals surface area (Å²) in [7, 11) is 0. The van der Waals surface area contributed by atoms with Gasteiger partial charge in [-0.3, -0.25) is 0 Å². The van der Waals surface area contributed by atoms with Gasteiger partial charge >= 0.3 is 55.6 Å². The van der Waals surface area contributed by atoms with Crippen LogP contribution < -0.4 is 4.90 Å². The predicted octanol–water partition coefficient (Wildman–Crippen LogP) is 6.08. The normalized spacial score (nSPS) is 12.6. The fourth-order valence-electron chi connectivity index (χ4n) is 4.69. The average molecular weight is 795 g/mol. The topological polar surface area (TPSA) is 118 Å². The number of alkyl halides is 3. The van der Waals surface area contributed by atoms with Crippen molar-refractivity contribution >= 4 is 17.0 Å². The van der Waals surface area contributed by atoms with Crippen LogP contribution in [0.5, 0.6) is 0 Å². The molecule has 0 spiro atoms. The molecule has 4 heterocycles. The van der Waals surface area contributed by atoms with E-state index in [2.05, 4.69) is 53.2 Å². The van der Waals surface area contributed by atoms with Gasteiger partial charge < -0.3 is 15.1 Å². The molecule has 5 aromatic rings. The maximum absolute atomic E-state index is 11.9. The second-order valence-electron chi connectivity index (χ2n) is 10.5. The number of anilines is 1. The van der Waals surface area contributed by atoms with E-state index in [9.17, 15) is 18.3 Å². The van der Waals surface area contributed by atoms with Crippen molar-refractivity contribution in [2.24, 2.45) is 0 Å². The zero-order chi connectivity index (χ0) is 32.9. The van der Waals surface area contributed by atoms with Crippen molar-refractivity contribution in [1.82, 2.24) is 34.5 Å². The van der Waals surface area contributed by atoms with Gasteiger partial charge in [0.25, 0.3) is 11.9 Å². The van der Waals surface area contributed by atoms with Crippen LogP contribution in [0.3, 0.4) is 0 Å². The van der Waals surface area contributed by atoms with E-state index in [-0.39, 0.29) is 49.4 Å². The summed E-state index contributed by atoms with van der Waals surface area (Å²) in [6.07, 6.45) is -9.12. The van der Waals surface area contributed by atoms with E-state index < -0.39 is 24.8 Å². The Hall–Kier alpha value is -2.56. The summed E-state index contributed by atoms with van der Waals surface area (Å²) in [6.45, 7) is 14.1. The number of benzene rings is 1.